The lowest BCUT2D eigenvalue weighted by Crippen LogP contribution is -2.54. The van der Waals surface area contributed by atoms with E-state index >= 15 is 0 Å². The number of benzene rings is 2. The minimum Gasteiger partial charge on any atom is -0.478 e. The summed E-state index contributed by atoms with van der Waals surface area (Å²) in [6.07, 6.45) is -0.623. The van der Waals surface area contributed by atoms with E-state index in [9.17, 15) is 9.90 Å². The molecule has 0 saturated heterocycles. The summed E-state index contributed by atoms with van der Waals surface area (Å²) in [5, 5.41) is 20.9. The minimum absolute atomic E-state index is 0.136. The maximum Gasteiger partial charge on any atom is 0.335 e. The van der Waals surface area contributed by atoms with Gasteiger partial charge in [0.25, 0.3) is 0 Å². The molecule has 0 amide bonds. The highest BCUT2D eigenvalue weighted by Crippen LogP contribution is 2.34. The molecule has 7 nitrogen and oxygen atoms in total. The first-order valence-electron chi connectivity index (χ1n) is 7.44. The number of hydrogen-bond acceptors (Lipinski definition) is 5. The number of anilines is 3. The Balaban J connectivity index is 2.11. The Labute approximate surface area is 139 Å². The molecule has 0 aliphatic carbocycles. The average molecular weight is 325 g/mol. The Bertz CT molecular complexity index is 818. The molecule has 0 saturated carbocycles. The molecular weight excluding hydrogens is 306 g/mol. The van der Waals surface area contributed by atoms with E-state index in [1.54, 1.807) is 11.0 Å². The van der Waals surface area contributed by atoms with Crippen molar-refractivity contribution in [3.63, 3.8) is 0 Å². The molecular formula is C17H19N5O2. The fourth-order valence-corrected chi connectivity index (χ4v) is 2.81. The van der Waals surface area contributed by atoms with Gasteiger partial charge in [-0.15, -0.1) is 0 Å². The number of rotatable bonds is 3. The van der Waals surface area contributed by atoms with Crippen LogP contribution < -0.4 is 20.9 Å². The van der Waals surface area contributed by atoms with Gasteiger partial charge in [-0.3, -0.25) is 16.0 Å². The lowest BCUT2D eigenvalue weighted by atomic mass is 10.0. The quantitative estimate of drug-likeness (QED) is 0.687. The number of hydrogen-bond donors (Lipinski definition) is 4. The van der Waals surface area contributed by atoms with E-state index in [0.717, 1.165) is 11.4 Å². The van der Waals surface area contributed by atoms with E-state index in [1.165, 1.54) is 12.1 Å². The Hall–Kier alpha value is -3.06. The van der Waals surface area contributed by atoms with Crippen molar-refractivity contribution in [2.45, 2.75) is 6.29 Å². The highest BCUT2D eigenvalue weighted by atomic mass is 16.4. The van der Waals surface area contributed by atoms with Gasteiger partial charge in [0.1, 0.15) is 5.84 Å². The Morgan fingerprint density at radius 3 is 2.67 bits per heavy atom. The lowest BCUT2D eigenvalue weighted by molar-refractivity contribution is 0.0697. The molecule has 0 fully saturated rings. The fourth-order valence-electron chi connectivity index (χ4n) is 2.81. The van der Waals surface area contributed by atoms with Gasteiger partial charge in [0.2, 0.25) is 0 Å². The number of carboxylic acid groups (broad SMARTS) is 1. The monoisotopic (exact) mass is 325 g/mol. The third-order valence-corrected chi connectivity index (χ3v) is 3.97. The first-order valence-corrected chi connectivity index (χ1v) is 7.44. The highest BCUT2D eigenvalue weighted by molar-refractivity contribution is 6.15. The van der Waals surface area contributed by atoms with Crippen LogP contribution >= 0.6 is 0 Å². The molecule has 2 aromatic carbocycles. The summed E-state index contributed by atoms with van der Waals surface area (Å²) in [4.78, 5) is 14.8. The number of para-hydroxylation sites is 2. The Kier molecular flexibility index (Phi) is 3.86. The van der Waals surface area contributed by atoms with E-state index in [2.05, 4.69) is 5.32 Å². The van der Waals surface area contributed by atoms with Crippen LogP contribution in [0.5, 0.6) is 0 Å². The van der Waals surface area contributed by atoms with Crippen molar-refractivity contribution >= 4 is 28.9 Å². The summed E-state index contributed by atoms with van der Waals surface area (Å²) in [6.45, 7) is 0. The molecule has 1 heterocycles. The summed E-state index contributed by atoms with van der Waals surface area (Å²) in [7, 11) is 3.84. The second-order valence-corrected chi connectivity index (χ2v) is 5.76. The first-order chi connectivity index (χ1) is 11.4. The number of carboxylic acids is 1. The normalized spacial score (nSPS) is 16.4. The van der Waals surface area contributed by atoms with Crippen LogP contribution in [0.15, 0.2) is 42.5 Å². The molecule has 24 heavy (non-hydrogen) atoms. The van der Waals surface area contributed by atoms with E-state index in [1.807, 2.05) is 43.3 Å². The summed E-state index contributed by atoms with van der Waals surface area (Å²) < 4.78 is 0. The first kappa shape index (κ1) is 15.8. The van der Waals surface area contributed by atoms with Crippen LogP contribution in [0, 0.1) is 5.41 Å². The van der Waals surface area contributed by atoms with Gasteiger partial charge in [-0.2, -0.15) is 0 Å². The minimum atomic E-state index is -1.03. The number of aromatic carboxylic acids is 1. The Morgan fingerprint density at radius 2 is 2.00 bits per heavy atom. The molecule has 124 valence electrons. The van der Waals surface area contributed by atoms with Crippen molar-refractivity contribution in [3.05, 3.63) is 53.6 Å². The molecule has 5 N–H and O–H groups in total. The van der Waals surface area contributed by atoms with Gasteiger partial charge in [0.05, 0.1) is 16.9 Å². The zero-order valence-electron chi connectivity index (χ0n) is 13.4. The van der Waals surface area contributed by atoms with Crippen LogP contribution in [-0.4, -0.2) is 37.3 Å². The summed E-state index contributed by atoms with van der Waals surface area (Å²) >= 11 is 0. The van der Waals surface area contributed by atoms with Gasteiger partial charge in [-0.1, -0.05) is 12.1 Å². The number of carbonyl (C=O) groups is 1. The predicted octanol–water partition coefficient (Wildman–Crippen LogP) is 1.95. The van der Waals surface area contributed by atoms with Crippen molar-refractivity contribution < 1.29 is 9.90 Å². The third-order valence-electron chi connectivity index (χ3n) is 3.97. The van der Waals surface area contributed by atoms with Crippen molar-refractivity contribution in [3.8, 4) is 0 Å². The summed E-state index contributed by atoms with van der Waals surface area (Å²) in [5.74, 6) is -0.866. The van der Waals surface area contributed by atoms with Gasteiger partial charge in [-0.05, 0) is 30.3 Å². The second-order valence-electron chi connectivity index (χ2n) is 5.76. The molecule has 1 aliphatic heterocycles. The molecule has 0 spiro atoms. The molecule has 0 bridgehead atoms. The van der Waals surface area contributed by atoms with E-state index in [4.69, 9.17) is 11.1 Å². The summed E-state index contributed by atoms with van der Waals surface area (Å²) in [6, 6.07) is 12.3. The van der Waals surface area contributed by atoms with Crippen LogP contribution in [-0.2, 0) is 0 Å². The molecule has 7 heteroatoms. The van der Waals surface area contributed by atoms with Crippen LogP contribution in [0.2, 0.25) is 0 Å². The standard InChI is InChI=1S/C17H19N5O2/c1-21(2)13-5-3-4-6-14(13)22-15(18)11-9-10(16(23)24)7-8-12(11)20-17(22)19/h3-9,17-18,20H,19H2,1-2H3,(H,23,24). The van der Waals surface area contributed by atoms with Gasteiger partial charge < -0.3 is 15.3 Å². The van der Waals surface area contributed by atoms with Gasteiger partial charge >= 0.3 is 5.97 Å². The van der Waals surface area contributed by atoms with E-state index in [0.29, 0.717) is 11.3 Å². The van der Waals surface area contributed by atoms with Crippen LogP contribution in [0.1, 0.15) is 15.9 Å². The SMILES string of the molecule is CN(C)c1ccccc1N1C(=N)c2cc(C(=O)O)ccc2NC1N. The second kappa shape index (κ2) is 5.86. The highest BCUT2D eigenvalue weighted by Gasteiger charge is 2.30. The van der Waals surface area contributed by atoms with E-state index < -0.39 is 12.3 Å². The molecule has 3 rings (SSSR count). The molecule has 1 unspecified atom stereocenters. The van der Waals surface area contributed by atoms with Gasteiger partial charge in [-0.25, -0.2) is 4.79 Å². The van der Waals surface area contributed by atoms with E-state index in [-0.39, 0.29) is 11.4 Å². The number of fused-ring (bicyclic) bond motifs is 1. The maximum atomic E-state index is 11.2. The topological polar surface area (TPSA) is 106 Å². The third kappa shape index (κ3) is 2.55. The molecule has 1 aliphatic rings. The van der Waals surface area contributed by atoms with Crippen molar-refractivity contribution in [2.24, 2.45) is 5.73 Å². The number of nitrogens with zero attached hydrogens (tertiary/aromatic N) is 2. The molecule has 0 radical (unpaired) electrons. The van der Waals surface area contributed by atoms with Gasteiger partial charge in [0, 0.05) is 25.3 Å². The van der Waals surface area contributed by atoms with Gasteiger partial charge in [0.15, 0.2) is 6.29 Å². The molecule has 2 aromatic rings. The van der Waals surface area contributed by atoms with Crippen LogP contribution in [0.4, 0.5) is 17.1 Å². The number of nitrogens with two attached hydrogens (primary N) is 1. The average Bonchev–Trinajstić information content (AvgIpc) is 2.54. The summed E-state index contributed by atoms with van der Waals surface area (Å²) in [5.41, 5.74) is 9.20. The number of nitrogens with one attached hydrogen (secondary N) is 2. The zero-order valence-corrected chi connectivity index (χ0v) is 13.4. The fraction of sp³-hybridized carbons (Fsp3) is 0.176. The smallest absolute Gasteiger partial charge is 0.335 e. The van der Waals surface area contributed by atoms with Crippen molar-refractivity contribution in [1.29, 1.82) is 5.41 Å². The molecule has 1 atom stereocenters. The van der Waals surface area contributed by atoms with Crippen LogP contribution in [0.25, 0.3) is 0 Å². The van der Waals surface area contributed by atoms with Crippen molar-refractivity contribution in [1.82, 2.24) is 0 Å². The number of amidine groups is 1. The molecule has 0 aromatic heterocycles. The largest absolute Gasteiger partial charge is 0.478 e. The maximum absolute atomic E-state index is 11.2. The lowest BCUT2D eigenvalue weighted by Gasteiger charge is -2.39. The predicted molar refractivity (Wildman–Crippen MR) is 95.1 cm³/mol. The Morgan fingerprint density at radius 1 is 1.29 bits per heavy atom. The van der Waals surface area contributed by atoms with Crippen LogP contribution in [0.3, 0.4) is 0 Å². The van der Waals surface area contributed by atoms with Crippen molar-refractivity contribution in [2.75, 3.05) is 29.2 Å². The zero-order chi connectivity index (χ0) is 17.4.